The van der Waals surface area contributed by atoms with Crippen LogP contribution in [0.3, 0.4) is 0 Å². The molecule has 7 heteroatoms. The second-order valence-corrected chi connectivity index (χ2v) is 4.30. The molecule has 0 fully saturated rings. The fourth-order valence-corrected chi connectivity index (χ4v) is 1.69. The van der Waals surface area contributed by atoms with Crippen LogP contribution in [0.25, 0.3) is 0 Å². The molecular formula is C12H15ClN4O2. The van der Waals surface area contributed by atoms with E-state index >= 15 is 0 Å². The third-order valence-electron chi connectivity index (χ3n) is 2.30. The molecule has 0 radical (unpaired) electrons. The van der Waals surface area contributed by atoms with E-state index in [0.717, 1.165) is 11.5 Å². The van der Waals surface area contributed by atoms with E-state index in [-0.39, 0.29) is 0 Å². The number of halogens is 1. The topological polar surface area (TPSA) is 73.1 Å². The lowest BCUT2D eigenvalue weighted by Crippen LogP contribution is -2.05. The number of rotatable bonds is 6. The van der Waals surface area contributed by atoms with E-state index in [4.69, 9.17) is 20.9 Å². The number of nitrogens with zero attached hydrogens (tertiary/aromatic N) is 3. The zero-order valence-corrected chi connectivity index (χ0v) is 11.6. The molecule has 0 atom stereocenters. The predicted molar refractivity (Wildman–Crippen MR) is 70.9 cm³/mol. The predicted octanol–water partition coefficient (Wildman–Crippen LogP) is 2.58. The Morgan fingerprint density at radius 1 is 1.37 bits per heavy atom. The van der Waals surface area contributed by atoms with Crippen LogP contribution in [0, 0.1) is 6.92 Å². The van der Waals surface area contributed by atoms with E-state index < -0.39 is 0 Å². The van der Waals surface area contributed by atoms with E-state index in [1.54, 1.807) is 6.07 Å². The minimum Gasteiger partial charge on any atom is -0.374 e. The second-order valence-electron chi connectivity index (χ2n) is 3.92. The summed E-state index contributed by atoms with van der Waals surface area (Å²) in [7, 11) is 0. The largest absolute Gasteiger partial charge is 0.374 e. The molecule has 2 aromatic heterocycles. The fraction of sp³-hybridized carbons (Fsp3) is 0.417. The fourth-order valence-electron chi connectivity index (χ4n) is 1.49. The van der Waals surface area contributed by atoms with Gasteiger partial charge in [-0.25, -0.2) is 9.97 Å². The summed E-state index contributed by atoms with van der Waals surface area (Å²) >= 11 is 5.93. The van der Waals surface area contributed by atoms with Crippen molar-refractivity contribution in [3.05, 3.63) is 34.6 Å². The van der Waals surface area contributed by atoms with Gasteiger partial charge < -0.3 is 14.6 Å². The smallest absolute Gasteiger partial charge is 0.158 e. The molecule has 6 nitrogen and oxygen atoms in total. The van der Waals surface area contributed by atoms with Gasteiger partial charge in [-0.15, -0.1) is 0 Å². The van der Waals surface area contributed by atoms with Crippen molar-refractivity contribution in [3.63, 3.8) is 0 Å². The molecule has 0 unspecified atom stereocenters. The summed E-state index contributed by atoms with van der Waals surface area (Å²) in [5.41, 5.74) is 0.842. The van der Waals surface area contributed by atoms with Gasteiger partial charge in [-0.1, -0.05) is 16.8 Å². The van der Waals surface area contributed by atoms with Gasteiger partial charge in [-0.2, -0.15) is 0 Å². The normalized spacial score (nSPS) is 10.7. The molecule has 0 aliphatic heterocycles. The average molecular weight is 283 g/mol. The molecule has 0 saturated carbocycles. The molecule has 2 heterocycles. The standard InChI is InChI=1S/C12H15ClN4O2/c1-3-18-7-12-15-10(13)5-11(16-12)14-6-9-4-8(2)17-19-9/h4-5H,3,6-7H2,1-2H3,(H,14,15,16). The van der Waals surface area contributed by atoms with Crippen molar-refractivity contribution in [2.75, 3.05) is 11.9 Å². The molecule has 0 amide bonds. The Hall–Kier alpha value is -1.66. The maximum absolute atomic E-state index is 5.93. The SMILES string of the molecule is CCOCc1nc(Cl)cc(NCc2cc(C)no2)n1. The zero-order valence-electron chi connectivity index (χ0n) is 10.8. The summed E-state index contributed by atoms with van der Waals surface area (Å²) < 4.78 is 10.4. The summed E-state index contributed by atoms with van der Waals surface area (Å²) in [5.74, 6) is 1.91. The summed E-state index contributed by atoms with van der Waals surface area (Å²) in [6, 6.07) is 3.51. The van der Waals surface area contributed by atoms with Gasteiger partial charge in [0.15, 0.2) is 11.6 Å². The highest BCUT2D eigenvalue weighted by Crippen LogP contribution is 2.13. The number of aromatic nitrogens is 3. The van der Waals surface area contributed by atoms with Crippen molar-refractivity contribution in [2.24, 2.45) is 0 Å². The van der Waals surface area contributed by atoms with Crippen molar-refractivity contribution < 1.29 is 9.26 Å². The van der Waals surface area contributed by atoms with Gasteiger partial charge >= 0.3 is 0 Å². The van der Waals surface area contributed by atoms with E-state index in [1.165, 1.54) is 0 Å². The lowest BCUT2D eigenvalue weighted by Gasteiger charge is -2.06. The van der Waals surface area contributed by atoms with Crippen LogP contribution in [0.5, 0.6) is 0 Å². The molecule has 0 aliphatic carbocycles. The number of aryl methyl sites for hydroxylation is 1. The van der Waals surface area contributed by atoms with E-state index in [9.17, 15) is 0 Å². The van der Waals surface area contributed by atoms with Crippen molar-refractivity contribution in [1.82, 2.24) is 15.1 Å². The Bertz CT molecular complexity index is 544. The minimum absolute atomic E-state index is 0.340. The summed E-state index contributed by atoms with van der Waals surface area (Å²) in [6.07, 6.45) is 0. The number of hydrogen-bond acceptors (Lipinski definition) is 6. The molecule has 0 spiro atoms. The van der Waals surface area contributed by atoms with Gasteiger partial charge in [0.2, 0.25) is 0 Å². The lowest BCUT2D eigenvalue weighted by atomic mass is 10.4. The van der Waals surface area contributed by atoms with E-state index in [2.05, 4.69) is 20.4 Å². The van der Waals surface area contributed by atoms with Crippen molar-refractivity contribution >= 4 is 17.4 Å². The first-order valence-electron chi connectivity index (χ1n) is 5.94. The molecule has 0 aliphatic rings. The number of anilines is 1. The van der Waals surface area contributed by atoms with Crippen LogP contribution in [0.1, 0.15) is 24.2 Å². The summed E-state index contributed by atoms with van der Waals surface area (Å²) in [6.45, 7) is 5.22. The van der Waals surface area contributed by atoms with Crippen molar-refractivity contribution in [1.29, 1.82) is 0 Å². The van der Waals surface area contributed by atoms with Crippen molar-refractivity contribution in [3.8, 4) is 0 Å². The molecule has 0 saturated heterocycles. The highest BCUT2D eigenvalue weighted by atomic mass is 35.5. The Morgan fingerprint density at radius 3 is 2.89 bits per heavy atom. The highest BCUT2D eigenvalue weighted by molar-refractivity contribution is 6.29. The zero-order chi connectivity index (χ0) is 13.7. The first-order valence-corrected chi connectivity index (χ1v) is 6.32. The second kappa shape index (κ2) is 6.49. The number of nitrogens with one attached hydrogen (secondary N) is 1. The van der Waals surface area contributed by atoms with Crippen LogP contribution in [0.2, 0.25) is 5.15 Å². The number of ether oxygens (including phenoxy) is 1. The van der Waals surface area contributed by atoms with E-state index in [1.807, 2.05) is 19.9 Å². The van der Waals surface area contributed by atoms with Gasteiger partial charge in [-0.05, 0) is 13.8 Å². The molecule has 2 rings (SSSR count). The van der Waals surface area contributed by atoms with Gasteiger partial charge in [0.05, 0.1) is 12.2 Å². The first kappa shape index (κ1) is 13.8. The number of hydrogen-bond donors (Lipinski definition) is 1. The van der Waals surface area contributed by atoms with Crippen LogP contribution in [-0.4, -0.2) is 21.7 Å². The van der Waals surface area contributed by atoms with Crippen LogP contribution in [-0.2, 0) is 17.9 Å². The third kappa shape index (κ3) is 4.18. The Balaban J connectivity index is 2.01. The monoisotopic (exact) mass is 282 g/mol. The Kier molecular flexibility index (Phi) is 4.70. The molecule has 1 N–H and O–H groups in total. The van der Waals surface area contributed by atoms with Crippen LogP contribution < -0.4 is 5.32 Å². The van der Waals surface area contributed by atoms with E-state index in [0.29, 0.717) is 36.6 Å². The maximum Gasteiger partial charge on any atom is 0.158 e. The van der Waals surface area contributed by atoms with Crippen molar-refractivity contribution in [2.45, 2.75) is 27.0 Å². The molecule has 0 bridgehead atoms. The van der Waals surface area contributed by atoms with Crippen LogP contribution >= 0.6 is 11.6 Å². The molecule has 0 aromatic carbocycles. The first-order chi connectivity index (χ1) is 9.17. The quantitative estimate of drug-likeness (QED) is 0.821. The Labute approximate surface area is 116 Å². The molecular weight excluding hydrogens is 268 g/mol. The van der Waals surface area contributed by atoms with Gasteiger partial charge in [-0.3, -0.25) is 0 Å². The molecule has 19 heavy (non-hydrogen) atoms. The maximum atomic E-state index is 5.93. The third-order valence-corrected chi connectivity index (χ3v) is 2.49. The summed E-state index contributed by atoms with van der Waals surface area (Å²) in [5, 5.41) is 7.29. The summed E-state index contributed by atoms with van der Waals surface area (Å²) in [4.78, 5) is 8.38. The molecule has 2 aromatic rings. The average Bonchev–Trinajstić information content (AvgIpc) is 2.79. The Morgan fingerprint density at radius 2 is 2.21 bits per heavy atom. The van der Waals surface area contributed by atoms with Gasteiger partial charge in [0.1, 0.15) is 17.6 Å². The van der Waals surface area contributed by atoms with Gasteiger partial charge in [0.25, 0.3) is 0 Å². The van der Waals surface area contributed by atoms with Crippen LogP contribution in [0.15, 0.2) is 16.7 Å². The van der Waals surface area contributed by atoms with Gasteiger partial charge in [0, 0.05) is 18.7 Å². The highest BCUT2D eigenvalue weighted by Gasteiger charge is 2.05. The van der Waals surface area contributed by atoms with Crippen LogP contribution in [0.4, 0.5) is 5.82 Å². The molecule has 102 valence electrons. The lowest BCUT2D eigenvalue weighted by molar-refractivity contribution is 0.128. The minimum atomic E-state index is 0.340.